The van der Waals surface area contributed by atoms with E-state index in [1.807, 2.05) is 30.5 Å². The summed E-state index contributed by atoms with van der Waals surface area (Å²) in [5, 5.41) is 0. The second-order valence-electron chi connectivity index (χ2n) is 6.22. The van der Waals surface area contributed by atoms with Crippen LogP contribution >= 0.6 is 0 Å². The molecule has 1 atom stereocenters. The fraction of sp³-hybridized carbons (Fsp3) is 0.400. The minimum absolute atomic E-state index is 0.121. The van der Waals surface area contributed by atoms with Gasteiger partial charge in [-0.25, -0.2) is 4.99 Å². The average Bonchev–Trinajstić information content (AvgIpc) is 3.28. The minimum atomic E-state index is -0.121. The van der Waals surface area contributed by atoms with Gasteiger partial charge in [-0.05, 0) is 55.7 Å². The van der Waals surface area contributed by atoms with Gasteiger partial charge in [0.05, 0.1) is 22.8 Å². The molecule has 24 heavy (non-hydrogen) atoms. The van der Waals surface area contributed by atoms with Crippen LogP contribution in [-0.2, 0) is 4.74 Å². The first-order valence-corrected chi connectivity index (χ1v) is 8.66. The summed E-state index contributed by atoms with van der Waals surface area (Å²) in [6.45, 7) is 4.32. The zero-order valence-electron chi connectivity index (χ0n) is 14.7. The van der Waals surface area contributed by atoms with E-state index in [1.165, 1.54) is 24.8 Å². The highest BCUT2D eigenvalue weighted by molar-refractivity contribution is 6.09. The number of H-pyrrole nitrogens is 1. The van der Waals surface area contributed by atoms with Crippen molar-refractivity contribution >= 4 is 17.1 Å². The van der Waals surface area contributed by atoms with Crippen LogP contribution in [0.4, 0.5) is 0 Å². The highest BCUT2D eigenvalue weighted by atomic mass is 16.5. The van der Waals surface area contributed by atoms with E-state index in [9.17, 15) is 0 Å². The Morgan fingerprint density at radius 3 is 2.88 bits per heavy atom. The van der Waals surface area contributed by atoms with Gasteiger partial charge in [0.25, 0.3) is 0 Å². The lowest BCUT2D eigenvalue weighted by atomic mass is 10.0. The number of aromatic nitrogens is 1. The Morgan fingerprint density at radius 2 is 2.17 bits per heavy atom. The van der Waals surface area contributed by atoms with Gasteiger partial charge >= 0.3 is 0 Å². The smallest absolute Gasteiger partial charge is 0.120 e. The number of unbranched alkanes of at least 4 members (excludes halogenated alkanes) is 2. The molecule has 1 N–H and O–H groups in total. The molecule has 4 nitrogen and oxygen atoms in total. The fourth-order valence-electron chi connectivity index (χ4n) is 3.04. The normalized spacial score (nSPS) is 21.8. The topological polar surface area (TPSA) is 49.7 Å². The molecule has 1 aromatic rings. The maximum atomic E-state index is 5.56. The van der Waals surface area contributed by atoms with Gasteiger partial charge in [0, 0.05) is 19.0 Å². The van der Waals surface area contributed by atoms with Crippen LogP contribution in [0, 0.1) is 0 Å². The van der Waals surface area contributed by atoms with Crippen LogP contribution < -0.4 is 0 Å². The predicted octanol–water partition coefficient (Wildman–Crippen LogP) is 4.69. The van der Waals surface area contributed by atoms with Gasteiger partial charge in [0.15, 0.2) is 0 Å². The van der Waals surface area contributed by atoms with Crippen molar-refractivity contribution in [3.63, 3.8) is 0 Å². The zero-order valence-corrected chi connectivity index (χ0v) is 14.7. The van der Waals surface area contributed by atoms with Gasteiger partial charge < -0.3 is 9.72 Å². The number of hydrogen-bond acceptors (Lipinski definition) is 3. The summed E-state index contributed by atoms with van der Waals surface area (Å²) in [7, 11) is 1.71. The number of nitrogens with one attached hydrogen (secondary N) is 1. The van der Waals surface area contributed by atoms with Crippen LogP contribution in [0.1, 0.15) is 45.2 Å². The van der Waals surface area contributed by atoms with Crippen molar-refractivity contribution in [3.8, 4) is 0 Å². The van der Waals surface area contributed by atoms with Crippen molar-refractivity contribution in [2.75, 3.05) is 7.11 Å². The van der Waals surface area contributed by atoms with Crippen LogP contribution in [0.3, 0.4) is 0 Å². The Hall–Kier alpha value is -2.20. The summed E-state index contributed by atoms with van der Waals surface area (Å²) in [6, 6.07) is 3.99. The molecule has 1 aromatic heterocycles. The number of nitrogens with zero attached hydrogens (tertiary/aromatic N) is 2. The van der Waals surface area contributed by atoms with Crippen molar-refractivity contribution in [2.45, 2.75) is 45.6 Å². The van der Waals surface area contributed by atoms with Crippen molar-refractivity contribution in [1.29, 1.82) is 0 Å². The molecule has 0 spiro atoms. The summed E-state index contributed by atoms with van der Waals surface area (Å²) < 4.78 is 5.56. The minimum Gasteiger partial charge on any atom is -0.371 e. The first-order valence-electron chi connectivity index (χ1n) is 8.66. The van der Waals surface area contributed by atoms with Crippen LogP contribution in [0.5, 0.6) is 0 Å². The monoisotopic (exact) mass is 323 g/mol. The number of aromatic amines is 1. The van der Waals surface area contributed by atoms with Crippen molar-refractivity contribution in [3.05, 3.63) is 53.5 Å². The van der Waals surface area contributed by atoms with Crippen molar-refractivity contribution in [1.82, 2.24) is 4.98 Å². The summed E-state index contributed by atoms with van der Waals surface area (Å²) in [5.41, 5.74) is 6.28. The summed E-state index contributed by atoms with van der Waals surface area (Å²) in [6.07, 6.45) is 12.9. The van der Waals surface area contributed by atoms with E-state index in [0.29, 0.717) is 0 Å². The van der Waals surface area contributed by atoms with Gasteiger partial charge in [0.1, 0.15) is 6.10 Å². The molecule has 0 saturated carbocycles. The Bertz CT molecular complexity index is 733. The average molecular weight is 323 g/mol. The maximum absolute atomic E-state index is 5.56. The molecule has 0 saturated heterocycles. The molecule has 0 aromatic carbocycles. The molecule has 3 rings (SSSR count). The SMILES string of the molecule is CCCCCC1=C/C(=C\C2=NC(c3ccc[nH]3)=CC2OC)N=C1C. The maximum Gasteiger partial charge on any atom is 0.120 e. The molecular formula is C20H25N3O. The molecule has 2 aliphatic rings. The second-order valence-corrected chi connectivity index (χ2v) is 6.22. The molecule has 0 fully saturated rings. The van der Waals surface area contributed by atoms with Crippen LogP contribution in [0.15, 0.2) is 57.8 Å². The van der Waals surface area contributed by atoms with Gasteiger partial charge in [0.2, 0.25) is 0 Å². The largest absolute Gasteiger partial charge is 0.371 e. The Balaban J connectivity index is 1.77. The molecule has 1 unspecified atom stereocenters. The number of ether oxygens (including phenoxy) is 1. The van der Waals surface area contributed by atoms with Crippen LogP contribution in [-0.4, -0.2) is 29.6 Å². The Morgan fingerprint density at radius 1 is 1.29 bits per heavy atom. The molecule has 4 heteroatoms. The van der Waals surface area contributed by atoms with E-state index in [-0.39, 0.29) is 6.10 Å². The predicted molar refractivity (Wildman–Crippen MR) is 100 cm³/mol. The van der Waals surface area contributed by atoms with Crippen molar-refractivity contribution in [2.24, 2.45) is 9.98 Å². The van der Waals surface area contributed by atoms with E-state index >= 15 is 0 Å². The fourth-order valence-corrected chi connectivity index (χ4v) is 3.04. The lowest BCUT2D eigenvalue weighted by Crippen LogP contribution is -2.15. The van der Waals surface area contributed by atoms with E-state index in [4.69, 9.17) is 9.73 Å². The standard InChI is InChI=1S/C20H25N3O/c1-4-5-6-8-15-11-16(22-14(15)2)12-19-20(24-3)13-18(23-19)17-9-7-10-21-17/h7,9-13,20-21H,4-6,8H2,1-3H3/b16-12+. The molecule has 2 aliphatic heterocycles. The third-order valence-electron chi connectivity index (χ3n) is 4.41. The van der Waals surface area contributed by atoms with Crippen molar-refractivity contribution < 1.29 is 4.74 Å². The first-order chi connectivity index (χ1) is 11.7. The quantitative estimate of drug-likeness (QED) is 0.727. The Kier molecular flexibility index (Phi) is 5.26. The molecule has 0 radical (unpaired) electrons. The summed E-state index contributed by atoms with van der Waals surface area (Å²) in [4.78, 5) is 12.6. The number of hydrogen-bond donors (Lipinski definition) is 1. The van der Waals surface area contributed by atoms with E-state index < -0.39 is 0 Å². The summed E-state index contributed by atoms with van der Waals surface area (Å²) in [5.74, 6) is 0. The molecule has 0 bridgehead atoms. The number of methoxy groups -OCH3 is 1. The second kappa shape index (κ2) is 7.58. The van der Waals surface area contributed by atoms with Gasteiger partial charge in [-0.2, -0.15) is 0 Å². The molecular weight excluding hydrogens is 298 g/mol. The summed E-state index contributed by atoms with van der Waals surface area (Å²) >= 11 is 0. The number of rotatable bonds is 7. The van der Waals surface area contributed by atoms with E-state index in [0.717, 1.165) is 34.9 Å². The Labute approximate surface area is 143 Å². The number of aliphatic imine (C=N–C) groups is 2. The van der Waals surface area contributed by atoms with E-state index in [1.54, 1.807) is 7.11 Å². The lowest BCUT2D eigenvalue weighted by Gasteiger charge is -2.05. The van der Waals surface area contributed by atoms with Gasteiger partial charge in [-0.3, -0.25) is 4.99 Å². The first kappa shape index (κ1) is 16.7. The zero-order chi connectivity index (χ0) is 16.9. The van der Waals surface area contributed by atoms with Crippen LogP contribution in [0.25, 0.3) is 5.70 Å². The number of allylic oxidation sites excluding steroid dienone is 2. The third kappa shape index (κ3) is 3.65. The molecule has 3 heterocycles. The highest BCUT2D eigenvalue weighted by Crippen LogP contribution is 2.26. The van der Waals surface area contributed by atoms with E-state index in [2.05, 4.69) is 29.9 Å². The highest BCUT2D eigenvalue weighted by Gasteiger charge is 2.21. The van der Waals surface area contributed by atoms with Gasteiger partial charge in [-0.15, -0.1) is 0 Å². The molecule has 0 amide bonds. The molecule has 126 valence electrons. The lowest BCUT2D eigenvalue weighted by molar-refractivity contribution is 0.194. The third-order valence-corrected chi connectivity index (χ3v) is 4.41. The molecule has 0 aliphatic carbocycles. The van der Waals surface area contributed by atoms with Gasteiger partial charge in [-0.1, -0.05) is 19.8 Å². The van der Waals surface area contributed by atoms with Crippen LogP contribution in [0.2, 0.25) is 0 Å².